The van der Waals surface area contributed by atoms with Crippen molar-refractivity contribution >= 4 is 11.9 Å². The van der Waals surface area contributed by atoms with Crippen LogP contribution in [-0.4, -0.2) is 49.5 Å². The maximum atomic E-state index is 11.6. The van der Waals surface area contributed by atoms with Gasteiger partial charge in [-0.05, 0) is 32.6 Å². The predicted molar refractivity (Wildman–Crippen MR) is 74.6 cm³/mol. The average molecular weight is 254 g/mol. The second kappa shape index (κ2) is 7.24. The third-order valence-corrected chi connectivity index (χ3v) is 3.03. The van der Waals surface area contributed by atoms with E-state index >= 15 is 0 Å². The molecule has 0 saturated carbocycles. The van der Waals surface area contributed by atoms with Crippen molar-refractivity contribution in [2.45, 2.75) is 39.7 Å². The number of hydrogen-bond donors (Lipinski definition) is 2. The van der Waals surface area contributed by atoms with Crippen molar-refractivity contribution < 1.29 is 4.79 Å². The first kappa shape index (κ1) is 14.8. The number of rotatable bonds is 3. The Balaban J connectivity index is 2.40. The molecule has 0 radical (unpaired) electrons. The van der Waals surface area contributed by atoms with Crippen LogP contribution >= 0.6 is 0 Å². The standard InChI is InChI=1S/C13H26N4O/c1-10(2)16-12(18)8-15-13(14-4)17-7-5-6-11(3)9-17/h10-11H,5-9H2,1-4H3,(H,14,15)(H,16,18). The van der Waals surface area contributed by atoms with Crippen LogP contribution in [0.4, 0.5) is 0 Å². The van der Waals surface area contributed by atoms with Crippen LogP contribution in [0.1, 0.15) is 33.6 Å². The number of nitrogens with zero attached hydrogens (tertiary/aromatic N) is 2. The van der Waals surface area contributed by atoms with Gasteiger partial charge in [0.2, 0.25) is 5.91 Å². The quantitative estimate of drug-likeness (QED) is 0.579. The zero-order chi connectivity index (χ0) is 13.5. The van der Waals surface area contributed by atoms with Crippen molar-refractivity contribution in [1.29, 1.82) is 0 Å². The summed E-state index contributed by atoms with van der Waals surface area (Å²) in [5, 5.41) is 5.99. The van der Waals surface area contributed by atoms with E-state index in [2.05, 4.69) is 27.4 Å². The molecule has 0 aliphatic carbocycles. The second-order valence-corrected chi connectivity index (χ2v) is 5.32. The van der Waals surface area contributed by atoms with Gasteiger partial charge in [-0.15, -0.1) is 0 Å². The molecule has 1 atom stereocenters. The van der Waals surface area contributed by atoms with E-state index < -0.39 is 0 Å². The Hall–Kier alpha value is -1.26. The fourth-order valence-electron chi connectivity index (χ4n) is 2.25. The van der Waals surface area contributed by atoms with E-state index in [-0.39, 0.29) is 18.5 Å². The summed E-state index contributed by atoms with van der Waals surface area (Å²) >= 11 is 0. The molecule has 1 unspecified atom stereocenters. The molecule has 104 valence electrons. The normalized spacial score (nSPS) is 21.1. The van der Waals surface area contributed by atoms with Gasteiger partial charge in [-0.25, -0.2) is 0 Å². The summed E-state index contributed by atoms with van der Waals surface area (Å²) in [7, 11) is 1.77. The molecular formula is C13H26N4O. The van der Waals surface area contributed by atoms with Crippen molar-refractivity contribution in [2.75, 3.05) is 26.7 Å². The molecule has 1 amide bonds. The molecule has 1 fully saturated rings. The van der Waals surface area contributed by atoms with E-state index in [1.54, 1.807) is 7.05 Å². The largest absolute Gasteiger partial charge is 0.352 e. The highest BCUT2D eigenvalue weighted by Crippen LogP contribution is 2.15. The zero-order valence-electron chi connectivity index (χ0n) is 12.0. The molecule has 1 saturated heterocycles. The van der Waals surface area contributed by atoms with Crippen LogP contribution in [0.25, 0.3) is 0 Å². The van der Waals surface area contributed by atoms with Gasteiger partial charge in [0.05, 0.1) is 6.54 Å². The lowest BCUT2D eigenvalue weighted by Crippen LogP contribution is -2.49. The van der Waals surface area contributed by atoms with Gasteiger partial charge in [-0.3, -0.25) is 9.79 Å². The van der Waals surface area contributed by atoms with Gasteiger partial charge in [-0.1, -0.05) is 6.92 Å². The van der Waals surface area contributed by atoms with Crippen LogP contribution in [0.3, 0.4) is 0 Å². The first-order valence-corrected chi connectivity index (χ1v) is 6.78. The van der Waals surface area contributed by atoms with Gasteiger partial charge < -0.3 is 15.5 Å². The summed E-state index contributed by atoms with van der Waals surface area (Å²) < 4.78 is 0. The number of carbonyl (C=O) groups excluding carboxylic acids is 1. The average Bonchev–Trinajstić information content (AvgIpc) is 2.29. The molecule has 1 rings (SSSR count). The maximum absolute atomic E-state index is 11.6. The molecular weight excluding hydrogens is 228 g/mol. The van der Waals surface area contributed by atoms with E-state index in [9.17, 15) is 4.79 Å². The monoisotopic (exact) mass is 254 g/mol. The van der Waals surface area contributed by atoms with Crippen LogP contribution in [0.5, 0.6) is 0 Å². The predicted octanol–water partition coefficient (Wildman–Crippen LogP) is 0.818. The molecule has 0 aromatic rings. The third-order valence-electron chi connectivity index (χ3n) is 3.03. The lowest BCUT2D eigenvalue weighted by atomic mass is 10.0. The van der Waals surface area contributed by atoms with Crippen LogP contribution in [0, 0.1) is 5.92 Å². The number of likely N-dealkylation sites (tertiary alicyclic amines) is 1. The van der Waals surface area contributed by atoms with Crippen LogP contribution in [0.2, 0.25) is 0 Å². The van der Waals surface area contributed by atoms with Gasteiger partial charge in [0.15, 0.2) is 5.96 Å². The molecule has 0 bridgehead atoms. The van der Waals surface area contributed by atoms with Crippen LogP contribution in [-0.2, 0) is 4.79 Å². The minimum atomic E-state index is 0.0104. The molecule has 1 heterocycles. The lowest BCUT2D eigenvalue weighted by molar-refractivity contribution is -0.120. The zero-order valence-corrected chi connectivity index (χ0v) is 12.0. The van der Waals surface area contributed by atoms with Crippen molar-refractivity contribution in [1.82, 2.24) is 15.5 Å². The number of amides is 1. The Morgan fingerprint density at radius 3 is 2.78 bits per heavy atom. The van der Waals surface area contributed by atoms with E-state index in [0.29, 0.717) is 5.92 Å². The molecule has 0 spiro atoms. The van der Waals surface area contributed by atoms with Crippen molar-refractivity contribution in [2.24, 2.45) is 10.9 Å². The van der Waals surface area contributed by atoms with E-state index in [1.165, 1.54) is 12.8 Å². The second-order valence-electron chi connectivity index (χ2n) is 5.32. The Labute approximate surface area is 110 Å². The lowest BCUT2D eigenvalue weighted by Gasteiger charge is -2.33. The minimum Gasteiger partial charge on any atom is -0.352 e. The fourth-order valence-corrected chi connectivity index (χ4v) is 2.25. The molecule has 2 N–H and O–H groups in total. The van der Waals surface area contributed by atoms with Crippen molar-refractivity contribution in [3.05, 3.63) is 0 Å². The Kier molecular flexibility index (Phi) is 5.95. The highest BCUT2D eigenvalue weighted by molar-refractivity contribution is 5.86. The number of hydrogen-bond acceptors (Lipinski definition) is 2. The SMILES string of the molecule is CN=C(NCC(=O)NC(C)C)N1CCCC(C)C1. The van der Waals surface area contributed by atoms with Gasteiger partial charge in [-0.2, -0.15) is 0 Å². The Bertz CT molecular complexity index is 301. The summed E-state index contributed by atoms with van der Waals surface area (Å²) in [6.07, 6.45) is 2.47. The summed E-state index contributed by atoms with van der Waals surface area (Å²) in [6.45, 7) is 8.50. The Morgan fingerprint density at radius 2 is 2.22 bits per heavy atom. The summed E-state index contributed by atoms with van der Waals surface area (Å²) in [6, 6.07) is 0.177. The highest BCUT2D eigenvalue weighted by Gasteiger charge is 2.19. The topological polar surface area (TPSA) is 56.7 Å². The maximum Gasteiger partial charge on any atom is 0.239 e. The van der Waals surface area contributed by atoms with Crippen molar-refractivity contribution in [3.8, 4) is 0 Å². The molecule has 5 heteroatoms. The molecule has 18 heavy (non-hydrogen) atoms. The fraction of sp³-hybridized carbons (Fsp3) is 0.846. The molecule has 1 aliphatic rings. The Morgan fingerprint density at radius 1 is 1.50 bits per heavy atom. The minimum absolute atomic E-state index is 0.0104. The van der Waals surface area contributed by atoms with Gasteiger partial charge in [0.1, 0.15) is 0 Å². The van der Waals surface area contributed by atoms with E-state index in [4.69, 9.17) is 0 Å². The van der Waals surface area contributed by atoms with Gasteiger partial charge >= 0.3 is 0 Å². The molecule has 0 aromatic heterocycles. The highest BCUT2D eigenvalue weighted by atomic mass is 16.2. The summed E-state index contributed by atoms with van der Waals surface area (Å²) in [4.78, 5) is 18.1. The summed E-state index contributed by atoms with van der Waals surface area (Å²) in [5.41, 5.74) is 0. The van der Waals surface area contributed by atoms with Crippen LogP contribution in [0.15, 0.2) is 4.99 Å². The first-order valence-electron chi connectivity index (χ1n) is 6.78. The smallest absolute Gasteiger partial charge is 0.239 e. The molecule has 5 nitrogen and oxygen atoms in total. The number of nitrogens with one attached hydrogen (secondary N) is 2. The van der Waals surface area contributed by atoms with E-state index in [1.807, 2.05) is 13.8 Å². The molecule has 1 aliphatic heterocycles. The number of carbonyl (C=O) groups is 1. The van der Waals surface area contributed by atoms with Gasteiger partial charge in [0, 0.05) is 26.2 Å². The first-order chi connectivity index (χ1) is 8.52. The summed E-state index contributed by atoms with van der Waals surface area (Å²) in [5.74, 6) is 1.54. The number of guanidine groups is 1. The molecule has 0 aromatic carbocycles. The van der Waals surface area contributed by atoms with E-state index in [0.717, 1.165) is 19.0 Å². The van der Waals surface area contributed by atoms with Crippen molar-refractivity contribution in [3.63, 3.8) is 0 Å². The number of aliphatic imine (C=N–C) groups is 1. The van der Waals surface area contributed by atoms with Gasteiger partial charge in [0.25, 0.3) is 0 Å². The number of piperidine rings is 1. The van der Waals surface area contributed by atoms with Crippen LogP contribution < -0.4 is 10.6 Å². The third kappa shape index (κ3) is 4.94.